The van der Waals surface area contributed by atoms with Crippen LogP contribution >= 0.6 is 0 Å². The van der Waals surface area contributed by atoms with E-state index in [9.17, 15) is 14.4 Å². The highest BCUT2D eigenvalue weighted by Gasteiger charge is 2.29. The predicted molar refractivity (Wildman–Crippen MR) is 90.0 cm³/mol. The van der Waals surface area contributed by atoms with Crippen molar-refractivity contribution < 1.29 is 23.5 Å². The molecular weight excluding hydrogens is 326 g/mol. The Labute approximate surface area is 147 Å². The van der Waals surface area contributed by atoms with Gasteiger partial charge in [-0.1, -0.05) is 0 Å². The van der Waals surface area contributed by atoms with E-state index in [-0.39, 0.29) is 11.8 Å². The first-order chi connectivity index (χ1) is 11.7. The molecule has 0 aliphatic carbocycles. The summed E-state index contributed by atoms with van der Waals surface area (Å²) in [6.07, 6.45) is 0.830. The van der Waals surface area contributed by atoms with Crippen LogP contribution in [-0.2, 0) is 9.53 Å². The Morgan fingerprint density at radius 3 is 2.28 bits per heavy atom. The second kappa shape index (κ2) is 7.58. The molecule has 0 aromatic carbocycles. The molecule has 0 radical (unpaired) electrons. The van der Waals surface area contributed by atoms with Gasteiger partial charge in [-0.3, -0.25) is 9.59 Å². The van der Waals surface area contributed by atoms with Gasteiger partial charge >= 0.3 is 6.09 Å². The van der Waals surface area contributed by atoms with E-state index in [1.54, 1.807) is 49.6 Å². The van der Waals surface area contributed by atoms with Gasteiger partial charge in [0.15, 0.2) is 5.76 Å². The fraction of sp³-hybridized carbons (Fsp3) is 0.588. The Morgan fingerprint density at radius 1 is 1.16 bits per heavy atom. The van der Waals surface area contributed by atoms with Gasteiger partial charge in [0.05, 0.1) is 6.26 Å². The van der Waals surface area contributed by atoms with Crippen LogP contribution in [0.15, 0.2) is 22.8 Å². The molecule has 1 N–H and O–H groups in total. The van der Waals surface area contributed by atoms with Crippen molar-refractivity contribution in [1.82, 2.24) is 15.1 Å². The number of hydrogen-bond acceptors (Lipinski definition) is 5. The van der Waals surface area contributed by atoms with E-state index in [2.05, 4.69) is 5.32 Å². The molecule has 1 atom stereocenters. The van der Waals surface area contributed by atoms with Crippen molar-refractivity contribution in [3.8, 4) is 0 Å². The van der Waals surface area contributed by atoms with Crippen LogP contribution in [0, 0.1) is 0 Å². The molecule has 138 valence electrons. The molecule has 1 fully saturated rings. The number of furan rings is 1. The molecule has 0 spiro atoms. The zero-order valence-corrected chi connectivity index (χ0v) is 15.1. The third-order valence-electron chi connectivity index (χ3n) is 3.71. The van der Waals surface area contributed by atoms with Crippen LogP contribution in [0.5, 0.6) is 0 Å². The van der Waals surface area contributed by atoms with E-state index in [4.69, 9.17) is 9.15 Å². The maximum Gasteiger partial charge on any atom is 0.408 e. The summed E-state index contributed by atoms with van der Waals surface area (Å²) in [6, 6.07) is 2.59. The smallest absolute Gasteiger partial charge is 0.408 e. The Morgan fingerprint density at radius 2 is 1.76 bits per heavy atom. The third-order valence-corrected chi connectivity index (χ3v) is 3.71. The molecule has 1 unspecified atom stereocenters. The summed E-state index contributed by atoms with van der Waals surface area (Å²) >= 11 is 0. The zero-order valence-electron chi connectivity index (χ0n) is 15.1. The number of hydrogen-bond donors (Lipinski definition) is 1. The molecule has 1 aliphatic heterocycles. The van der Waals surface area contributed by atoms with E-state index in [0.29, 0.717) is 31.9 Å². The second-order valence-corrected chi connectivity index (χ2v) is 6.96. The number of amides is 3. The number of nitrogens with one attached hydrogen (secondary N) is 1. The van der Waals surface area contributed by atoms with E-state index in [0.717, 1.165) is 0 Å². The fourth-order valence-corrected chi connectivity index (χ4v) is 2.51. The van der Waals surface area contributed by atoms with Gasteiger partial charge in [-0.05, 0) is 39.8 Å². The summed E-state index contributed by atoms with van der Waals surface area (Å²) in [5, 5.41) is 2.54. The molecule has 1 aliphatic rings. The maximum absolute atomic E-state index is 12.4. The Bertz CT molecular complexity index is 613. The number of piperazine rings is 1. The van der Waals surface area contributed by atoms with Crippen LogP contribution in [0.3, 0.4) is 0 Å². The van der Waals surface area contributed by atoms with Crippen LogP contribution < -0.4 is 5.32 Å². The summed E-state index contributed by atoms with van der Waals surface area (Å²) < 4.78 is 10.3. The topological polar surface area (TPSA) is 92.1 Å². The lowest BCUT2D eigenvalue weighted by molar-refractivity contribution is -0.134. The Kier molecular flexibility index (Phi) is 5.71. The first-order valence-electron chi connectivity index (χ1n) is 8.28. The van der Waals surface area contributed by atoms with Crippen LogP contribution in [0.4, 0.5) is 4.79 Å². The van der Waals surface area contributed by atoms with Gasteiger partial charge in [0.1, 0.15) is 11.6 Å². The van der Waals surface area contributed by atoms with Gasteiger partial charge in [-0.15, -0.1) is 0 Å². The minimum Gasteiger partial charge on any atom is -0.459 e. The molecular formula is C17H25N3O5. The molecule has 2 rings (SSSR count). The normalized spacial score (nSPS) is 16.3. The number of ether oxygens (including phenoxy) is 1. The van der Waals surface area contributed by atoms with Crippen molar-refractivity contribution in [2.75, 3.05) is 26.2 Å². The van der Waals surface area contributed by atoms with Gasteiger partial charge in [-0.25, -0.2) is 4.79 Å². The van der Waals surface area contributed by atoms with Gasteiger partial charge < -0.3 is 24.3 Å². The number of rotatable bonds is 3. The fourth-order valence-electron chi connectivity index (χ4n) is 2.51. The van der Waals surface area contributed by atoms with Crippen molar-refractivity contribution in [3.63, 3.8) is 0 Å². The lowest BCUT2D eigenvalue weighted by atomic mass is 10.2. The predicted octanol–water partition coefficient (Wildman–Crippen LogP) is 1.48. The highest BCUT2D eigenvalue weighted by Crippen LogP contribution is 2.11. The zero-order chi connectivity index (χ0) is 18.6. The second-order valence-electron chi connectivity index (χ2n) is 6.96. The number of nitrogens with zero attached hydrogens (tertiary/aromatic N) is 2. The molecule has 8 heteroatoms. The first-order valence-corrected chi connectivity index (χ1v) is 8.28. The van der Waals surface area contributed by atoms with Crippen molar-refractivity contribution in [2.24, 2.45) is 0 Å². The maximum atomic E-state index is 12.4. The van der Waals surface area contributed by atoms with Crippen LogP contribution in [-0.4, -0.2) is 65.5 Å². The van der Waals surface area contributed by atoms with Crippen LogP contribution in [0.25, 0.3) is 0 Å². The van der Waals surface area contributed by atoms with Crippen LogP contribution in [0.1, 0.15) is 38.2 Å². The molecule has 1 aromatic heterocycles. The van der Waals surface area contributed by atoms with Gasteiger partial charge in [0.25, 0.3) is 5.91 Å². The SMILES string of the molecule is CC(NC(=O)OC(C)(C)C)C(=O)N1CCN(C(=O)c2ccco2)CC1. The van der Waals surface area contributed by atoms with Crippen molar-refractivity contribution >= 4 is 17.9 Å². The van der Waals surface area contributed by atoms with Crippen LogP contribution in [0.2, 0.25) is 0 Å². The average molecular weight is 351 g/mol. The van der Waals surface area contributed by atoms with Crippen molar-refractivity contribution in [2.45, 2.75) is 39.3 Å². The van der Waals surface area contributed by atoms with Crippen molar-refractivity contribution in [1.29, 1.82) is 0 Å². The number of carbonyl (C=O) groups is 3. The van der Waals surface area contributed by atoms with Crippen molar-refractivity contribution in [3.05, 3.63) is 24.2 Å². The van der Waals surface area contributed by atoms with E-state index < -0.39 is 17.7 Å². The molecule has 1 saturated heterocycles. The molecule has 1 aromatic rings. The standard InChI is InChI=1S/C17H25N3O5/c1-12(18-16(23)25-17(2,3)4)14(21)19-7-9-20(10-8-19)15(22)13-6-5-11-24-13/h5-6,11-12H,7-10H2,1-4H3,(H,18,23). The van der Waals surface area contributed by atoms with Gasteiger partial charge in [0, 0.05) is 26.2 Å². The molecule has 0 saturated carbocycles. The summed E-state index contributed by atoms with van der Waals surface area (Å²) in [6.45, 7) is 8.55. The van der Waals surface area contributed by atoms with E-state index >= 15 is 0 Å². The molecule has 2 heterocycles. The van der Waals surface area contributed by atoms with Gasteiger partial charge in [0.2, 0.25) is 5.91 Å². The lowest BCUT2D eigenvalue weighted by Gasteiger charge is -2.35. The largest absolute Gasteiger partial charge is 0.459 e. The number of alkyl carbamates (subject to hydrolysis) is 1. The summed E-state index contributed by atoms with van der Waals surface area (Å²) in [4.78, 5) is 39.7. The summed E-state index contributed by atoms with van der Waals surface area (Å²) in [5.41, 5.74) is -0.620. The van der Waals surface area contributed by atoms with E-state index in [1.165, 1.54) is 6.26 Å². The third kappa shape index (κ3) is 5.23. The lowest BCUT2D eigenvalue weighted by Crippen LogP contribution is -2.55. The van der Waals surface area contributed by atoms with Gasteiger partial charge in [-0.2, -0.15) is 0 Å². The average Bonchev–Trinajstić information content (AvgIpc) is 3.06. The Hall–Kier alpha value is -2.51. The quantitative estimate of drug-likeness (QED) is 0.890. The summed E-state index contributed by atoms with van der Waals surface area (Å²) in [5.74, 6) is -0.0901. The van der Waals surface area contributed by atoms with E-state index in [1.807, 2.05) is 0 Å². The first kappa shape index (κ1) is 18.8. The summed E-state index contributed by atoms with van der Waals surface area (Å²) in [7, 11) is 0. The highest BCUT2D eigenvalue weighted by atomic mass is 16.6. The molecule has 8 nitrogen and oxygen atoms in total. The number of carbonyl (C=O) groups excluding carboxylic acids is 3. The molecule has 25 heavy (non-hydrogen) atoms. The monoisotopic (exact) mass is 351 g/mol. The highest BCUT2D eigenvalue weighted by molar-refractivity contribution is 5.92. The molecule has 0 bridgehead atoms. The molecule has 3 amide bonds. The minimum atomic E-state index is -0.692. The minimum absolute atomic E-state index is 0.183. The Balaban J connectivity index is 1.82.